The highest BCUT2D eigenvalue weighted by Gasteiger charge is 2.21. The predicted molar refractivity (Wildman–Crippen MR) is 123 cm³/mol. The van der Waals surface area contributed by atoms with E-state index < -0.39 is 10.0 Å². The lowest BCUT2D eigenvalue weighted by Crippen LogP contribution is -2.15. The van der Waals surface area contributed by atoms with Gasteiger partial charge in [-0.05, 0) is 36.8 Å². The number of sulfonamides is 1. The van der Waals surface area contributed by atoms with Crippen molar-refractivity contribution in [3.63, 3.8) is 0 Å². The summed E-state index contributed by atoms with van der Waals surface area (Å²) in [6, 6.07) is 23.3. The van der Waals surface area contributed by atoms with Crippen molar-refractivity contribution in [1.29, 1.82) is 0 Å². The summed E-state index contributed by atoms with van der Waals surface area (Å²) >= 11 is 1.36. The van der Waals surface area contributed by atoms with Gasteiger partial charge in [-0.15, -0.1) is 0 Å². The summed E-state index contributed by atoms with van der Waals surface area (Å²) in [5, 5.41) is 12.0. The molecule has 0 fully saturated rings. The van der Waals surface area contributed by atoms with Crippen LogP contribution in [-0.4, -0.2) is 13.5 Å². The van der Waals surface area contributed by atoms with E-state index in [9.17, 15) is 13.5 Å². The van der Waals surface area contributed by atoms with Gasteiger partial charge in [0.2, 0.25) is 0 Å². The molecule has 0 atom stereocenters. The number of rotatable bonds is 5. The Morgan fingerprint density at radius 2 is 1.57 bits per heavy atom. The van der Waals surface area contributed by atoms with Gasteiger partial charge in [0.15, 0.2) is 0 Å². The van der Waals surface area contributed by atoms with Gasteiger partial charge in [-0.3, -0.25) is 4.72 Å². The topological polar surface area (TPSA) is 92.4 Å². The Labute approximate surface area is 179 Å². The number of hydrogen-bond acceptors (Lipinski definition) is 5. The number of nitrogen functional groups attached to an aromatic ring is 1. The smallest absolute Gasteiger partial charge is 0.263 e. The van der Waals surface area contributed by atoms with E-state index in [-0.39, 0.29) is 16.3 Å². The van der Waals surface area contributed by atoms with Crippen LogP contribution in [0, 0.1) is 6.92 Å². The molecule has 0 aliphatic carbocycles. The van der Waals surface area contributed by atoms with Crippen molar-refractivity contribution in [3.05, 3.63) is 84.4 Å². The number of aryl methyl sites for hydroxylation is 1. The summed E-state index contributed by atoms with van der Waals surface area (Å²) in [5.41, 5.74) is 7.31. The minimum absolute atomic E-state index is 0.0249. The predicted octanol–water partition coefficient (Wildman–Crippen LogP) is 5.39. The van der Waals surface area contributed by atoms with E-state index in [1.54, 1.807) is 49.4 Å². The van der Waals surface area contributed by atoms with E-state index >= 15 is 0 Å². The largest absolute Gasteiger partial charge is 0.506 e. The number of nitrogens with two attached hydrogens (primary N) is 1. The van der Waals surface area contributed by atoms with Gasteiger partial charge in [0.1, 0.15) is 10.6 Å². The molecular formula is C23H20N2O3S2. The maximum absolute atomic E-state index is 13.1. The van der Waals surface area contributed by atoms with E-state index in [1.807, 2.05) is 30.3 Å². The first-order valence-corrected chi connectivity index (χ1v) is 11.5. The van der Waals surface area contributed by atoms with Crippen LogP contribution in [0.5, 0.6) is 5.75 Å². The van der Waals surface area contributed by atoms with Crippen molar-refractivity contribution >= 4 is 43.9 Å². The molecule has 0 saturated heterocycles. The molecule has 30 heavy (non-hydrogen) atoms. The van der Waals surface area contributed by atoms with Crippen LogP contribution in [0.4, 0.5) is 11.4 Å². The second kappa shape index (κ2) is 7.93. The molecule has 0 radical (unpaired) electrons. The van der Waals surface area contributed by atoms with Gasteiger partial charge in [-0.2, -0.15) is 0 Å². The number of phenolic OH excluding ortho intramolecular Hbond substituents is 1. The van der Waals surface area contributed by atoms with Crippen LogP contribution in [0.3, 0.4) is 0 Å². The van der Waals surface area contributed by atoms with E-state index in [4.69, 9.17) is 5.73 Å². The summed E-state index contributed by atoms with van der Waals surface area (Å²) in [7, 11) is -3.93. The lowest BCUT2D eigenvalue weighted by molar-refractivity contribution is 0.469. The van der Waals surface area contributed by atoms with Crippen molar-refractivity contribution in [2.75, 3.05) is 10.5 Å². The van der Waals surface area contributed by atoms with E-state index in [0.717, 1.165) is 4.90 Å². The number of fused-ring (bicyclic) bond motifs is 1. The van der Waals surface area contributed by atoms with Gasteiger partial charge in [0.05, 0.1) is 16.3 Å². The summed E-state index contributed by atoms with van der Waals surface area (Å²) in [6.07, 6.45) is 0. The van der Waals surface area contributed by atoms with Crippen molar-refractivity contribution < 1.29 is 13.5 Å². The maximum atomic E-state index is 13.1. The van der Waals surface area contributed by atoms with Gasteiger partial charge in [-0.25, -0.2) is 8.42 Å². The van der Waals surface area contributed by atoms with E-state index in [1.165, 1.54) is 17.8 Å². The highest BCUT2D eigenvalue weighted by molar-refractivity contribution is 7.99. The van der Waals surface area contributed by atoms with Crippen LogP contribution in [0.1, 0.15) is 5.56 Å². The zero-order valence-corrected chi connectivity index (χ0v) is 17.8. The Bertz CT molecular complexity index is 1340. The van der Waals surface area contributed by atoms with Crippen molar-refractivity contribution in [1.82, 2.24) is 0 Å². The second-order valence-electron chi connectivity index (χ2n) is 6.82. The van der Waals surface area contributed by atoms with Gasteiger partial charge >= 0.3 is 0 Å². The fourth-order valence-electron chi connectivity index (χ4n) is 3.20. The van der Waals surface area contributed by atoms with E-state index in [2.05, 4.69) is 4.72 Å². The van der Waals surface area contributed by atoms with Gasteiger partial charge in [0, 0.05) is 15.7 Å². The fourth-order valence-corrected chi connectivity index (χ4v) is 5.41. The monoisotopic (exact) mass is 436 g/mol. The van der Waals surface area contributed by atoms with E-state index in [0.29, 0.717) is 26.9 Å². The van der Waals surface area contributed by atoms with Crippen LogP contribution in [0.2, 0.25) is 0 Å². The third-order valence-electron chi connectivity index (χ3n) is 4.77. The average Bonchev–Trinajstić information content (AvgIpc) is 2.74. The van der Waals surface area contributed by atoms with Crippen LogP contribution in [-0.2, 0) is 10.0 Å². The molecule has 4 N–H and O–H groups in total. The molecule has 0 aliphatic rings. The molecule has 5 nitrogen and oxygen atoms in total. The molecule has 7 heteroatoms. The molecule has 4 rings (SSSR count). The normalized spacial score (nSPS) is 11.5. The first-order chi connectivity index (χ1) is 14.4. The molecule has 0 aliphatic heterocycles. The first-order valence-electron chi connectivity index (χ1n) is 9.22. The molecule has 0 amide bonds. The SMILES string of the molecule is Cc1cccc(S(=O)(=O)Nc2cc(Sc3ccccc3)c(O)c3ccccc23)c1N. The molecule has 0 spiro atoms. The highest BCUT2D eigenvalue weighted by Crippen LogP contribution is 2.43. The van der Waals surface area contributed by atoms with Crippen LogP contribution >= 0.6 is 11.8 Å². The number of phenols is 1. The molecule has 0 aromatic heterocycles. The summed E-state index contributed by atoms with van der Waals surface area (Å²) in [5.74, 6) is 0.109. The van der Waals surface area contributed by atoms with Gasteiger partial charge < -0.3 is 10.8 Å². The number of aromatic hydroxyl groups is 1. The molecule has 152 valence electrons. The van der Waals surface area contributed by atoms with Crippen LogP contribution < -0.4 is 10.5 Å². The third-order valence-corrected chi connectivity index (χ3v) is 7.23. The number of anilines is 2. The fraction of sp³-hybridized carbons (Fsp3) is 0.0435. The van der Waals surface area contributed by atoms with Gasteiger partial charge in [0.25, 0.3) is 10.0 Å². The molecule has 0 saturated carbocycles. The number of nitrogens with one attached hydrogen (secondary N) is 1. The lowest BCUT2D eigenvalue weighted by Gasteiger charge is -2.16. The Morgan fingerprint density at radius 1 is 0.900 bits per heavy atom. The minimum Gasteiger partial charge on any atom is -0.506 e. The zero-order chi connectivity index (χ0) is 21.3. The standard InChI is InChI=1S/C23H20N2O3S2/c1-15-8-7-13-21(22(15)24)30(27,28)25-19-14-20(29-16-9-3-2-4-10-16)23(26)18-12-6-5-11-17(18)19/h2-14,25-26H,24H2,1H3. The molecular weight excluding hydrogens is 416 g/mol. The Hall–Kier alpha value is -3.16. The van der Waals surface area contributed by atoms with Crippen molar-refractivity contribution in [3.8, 4) is 5.75 Å². The number of benzene rings is 4. The highest BCUT2D eigenvalue weighted by atomic mass is 32.2. The Kier molecular flexibility index (Phi) is 5.32. The quantitative estimate of drug-likeness (QED) is 0.288. The molecule has 0 heterocycles. The van der Waals surface area contributed by atoms with Crippen molar-refractivity contribution in [2.45, 2.75) is 21.6 Å². The van der Waals surface area contributed by atoms with Crippen molar-refractivity contribution in [2.24, 2.45) is 0 Å². The van der Waals surface area contributed by atoms with Crippen LogP contribution in [0.15, 0.2) is 93.5 Å². The van der Waals surface area contributed by atoms with Crippen LogP contribution in [0.25, 0.3) is 10.8 Å². The molecule has 4 aromatic rings. The summed E-state index contributed by atoms with van der Waals surface area (Å²) in [4.78, 5) is 1.51. The number of para-hydroxylation sites is 1. The minimum atomic E-state index is -3.93. The second-order valence-corrected chi connectivity index (χ2v) is 9.59. The Balaban J connectivity index is 1.84. The summed E-state index contributed by atoms with van der Waals surface area (Å²) in [6.45, 7) is 1.76. The Morgan fingerprint density at radius 3 is 2.30 bits per heavy atom. The third kappa shape index (κ3) is 3.81. The average molecular weight is 437 g/mol. The van der Waals surface area contributed by atoms with Gasteiger partial charge in [-0.1, -0.05) is 66.4 Å². The lowest BCUT2D eigenvalue weighted by atomic mass is 10.1. The first kappa shape index (κ1) is 20.1. The molecule has 0 bridgehead atoms. The zero-order valence-electron chi connectivity index (χ0n) is 16.2. The maximum Gasteiger partial charge on any atom is 0.263 e. The number of hydrogen-bond donors (Lipinski definition) is 3. The summed E-state index contributed by atoms with van der Waals surface area (Å²) < 4.78 is 28.9. The molecule has 0 unspecified atom stereocenters. The molecule has 4 aromatic carbocycles.